The molecule has 0 spiro atoms. The molecule has 1 aromatic heterocycles. The van der Waals surface area contributed by atoms with Crippen LogP contribution in [0.5, 0.6) is 0 Å². The Morgan fingerprint density at radius 1 is 1.70 bits per heavy atom. The molecule has 0 N–H and O–H groups in total. The Hall–Kier alpha value is -0.0200. The summed E-state index contributed by atoms with van der Waals surface area (Å²) in [6.07, 6.45) is 1.97. The number of aryl methyl sites for hydroxylation is 1. The maximum atomic E-state index is 4.17. The first kappa shape index (κ1) is 8.08. The monoisotopic (exact) mass is 173 g/mol. The van der Waals surface area contributed by atoms with Gasteiger partial charge < -0.3 is 0 Å². The molecule has 0 aliphatic rings. The van der Waals surface area contributed by atoms with Crippen LogP contribution in [-0.2, 0) is 5.75 Å². The van der Waals surface area contributed by atoms with Crippen molar-refractivity contribution < 1.29 is 0 Å². The Bertz CT molecular complexity index is 195. The highest BCUT2D eigenvalue weighted by atomic mass is 32.2. The molecule has 0 aliphatic carbocycles. The van der Waals surface area contributed by atoms with Gasteiger partial charge in [-0.15, -0.1) is 11.3 Å². The Balaban J connectivity index is 2.42. The van der Waals surface area contributed by atoms with Gasteiger partial charge in [-0.1, -0.05) is 6.92 Å². The molecule has 0 bridgehead atoms. The molecule has 0 saturated carbocycles. The average Bonchev–Trinajstić information content (AvgIpc) is 2.31. The summed E-state index contributed by atoms with van der Waals surface area (Å²) in [6, 6.07) is 0. The van der Waals surface area contributed by atoms with Crippen molar-refractivity contribution in [3.63, 3.8) is 0 Å². The molecule has 0 saturated heterocycles. The van der Waals surface area contributed by atoms with Crippen LogP contribution < -0.4 is 0 Å². The van der Waals surface area contributed by atoms with Gasteiger partial charge in [0.15, 0.2) is 0 Å². The zero-order valence-electron chi connectivity index (χ0n) is 6.26. The predicted octanol–water partition coefficient (Wildman–Crippen LogP) is 2.70. The second-order valence-corrected chi connectivity index (χ2v) is 4.58. The Kier molecular flexibility index (Phi) is 3.22. The zero-order chi connectivity index (χ0) is 7.40. The summed E-state index contributed by atoms with van der Waals surface area (Å²) in [4.78, 5) is 5.57. The van der Waals surface area contributed by atoms with Crippen LogP contribution in [-0.4, -0.2) is 10.7 Å². The van der Waals surface area contributed by atoms with E-state index in [0.717, 1.165) is 5.75 Å². The van der Waals surface area contributed by atoms with Crippen molar-refractivity contribution in [3.8, 4) is 0 Å². The highest BCUT2D eigenvalue weighted by molar-refractivity contribution is 7.98. The Labute approximate surface area is 69.9 Å². The average molecular weight is 173 g/mol. The van der Waals surface area contributed by atoms with Gasteiger partial charge in [0.25, 0.3) is 0 Å². The third-order valence-electron chi connectivity index (χ3n) is 1.12. The maximum absolute atomic E-state index is 4.17. The highest BCUT2D eigenvalue weighted by Gasteiger charge is 1.95. The highest BCUT2D eigenvalue weighted by Crippen LogP contribution is 2.17. The summed E-state index contributed by atoms with van der Waals surface area (Å²) < 4.78 is 0. The van der Waals surface area contributed by atoms with Crippen molar-refractivity contribution in [2.24, 2.45) is 0 Å². The molecule has 1 nitrogen and oxygen atoms in total. The largest absolute Gasteiger partial charge is 0.250 e. The van der Waals surface area contributed by atoms with E-state index in [1.165, 1.54) is 15.6 Å². The molecule has 0 aromatic carbocycles. The molecule has 10 heavy (non-hydrogen) atoms. The molecule has 0 atom stereocenters. The van der Waals surface area contributed by atoms with Gasteiger partial charge in [0.1, 0.15) is 0 Å². The fourth-order valence-corrected chi connectivity index (χ4v) is 2.23. The van der Waals surface area contributed by atoms with Crippen LogP contribution in [0.2, 0.25) is 0 Å². The summed E-state index contributed by atoms with van der Waals surface area (Å²) >= 11 is 3.74. The smallest absolute Gasteiger partial charge is 0.0897 e. The maximum Gasteiger partial charge on any atom is 0.0897 e. The zero-order valence-corrected chi connectivity index (χ0v) is 7.89. The fraction of sp³-hybridized carbons (Fsp3) is 0.571. The summed E-state index contributed by atoms with van der Waals surface area (Å²) in [5.74, 6) is 2.32. The second kappa shape index (κ2) is 3.98. The molecular formula is C7H11NS2. The summed E-state index contributed by atoms with van der Waals surface area (Å²) in [7, 11) is 0. The van der Waals surface area contributed by atoms with E-state index >= 15 is 0 Å². The van der Waals surface area contributed by atoms with Gasteiger partial charge in [-0.25, -0.2) is 4.98 Å². The van der Waals surface area contributed by atoms with Crippen LogP contribution in [0.1, 0.15) is 16.8 Å². The SMILES string of the molecule is CCSCc1cnc(C)s1. The van der Waals surface area contributed by atoms with Gasteiger partial charge in [-0.3, -0.25) is 0 Å². The first-order chi connectivity index (χ1) is 4.83. The van der Waals surface area contributed by atoms with Crippen LogP contribution in [0, 0.1) is 6.92 Å². The minimum atomic E-state index is 1.13. The molecule has 0 radical (unpaired) electrons. The van der Waals surface area contributed by atoms with E-state index < -0.39 is 0 Å². The Morgan fingerprint density at radius 2 is 2.50 bits per heavy atom. The fourth-order valence-electron chi connectivity index (χ4n) is 0.675. The number of thioether (sulfide) groups is 1. The lowest BCUT2D eigenvalue weighted by Crippen LogP contribution is -1.72. The van der Waals surface area contributed by atoms with Gasteiger partial charge in [0.05, 0.1) is 5.01 Å². The predicted molar refractivity (Wildman–Crippen MR) is 48.7 cm³/mol. The van der Waals surface area contributed by atoms with E-state index in [4.69, 9.17) is 0 Å². The second-order valence-electron chi connectivity index (χ2n) is 1.98. The number of thiazole rings is 1. The van der Waals surface area contributed by atoms with Crippen molar-refractivity contribution in [1.82, 2.24) is 4.98 Å². The number of nitrogens with zero attached hydrogens (tertiary/aromatic N) is 1. The van der Waals surface area contributed by atoms with Crippen molar-refractivity contribution >= 4 is 23.1 Å². The minimum Gasteiger partial charge on any atom is -0.250 e. The van der Waals surface area contributed by atoms with Crippen molar-refractivity contribution in [2.45, 2.75) is 19.6 Å². The Morgan fingerprint density at radius 3 is 3.00 bits per heavy atom. The molecule has 0 unspecified atom stereocenters. The molecule has 0 fully saturated rings. The number of rotatable bonds is 3. The first-order valence-electron chi connectivity index (χ1n) is 3.32. The van der Waals surface area contributed by atoms with E-state index in [2.05, 4.69) is 11.9 Å². The van der Waals surface area contributed by atoms with Gasteiger partial charge in [0.2, 0.25) is 0 Å². The third kappa shape index (κ3) is 2.31. The van der Waals surface area contributed by atoms with E-state index in [1.807, 2.05) is 24.9 Å². The van der Waals surface area contributed by atoms with Gasteiger partial charge in [0, 0.05) is 16.8 Å². The number of hydrogen-bond acceptors (Lipinski definition) is 3. The van der Waals surface area contributed by atoms with E-state index in [0.29, 0.717) is 0 Å². The molecule has 1 rings (SSSR count). The van der Waals surface area contributed by atoms with E-state index in [-0.39, 0.29) is 0 Å². The number of aromatic nitrogens is 1. The topological polar surface area (TPSA) is 12.9 Å². The minimum absolute atomic E-state index is 1.13. The molecule has 1 heterocycles. The summed E-state index contributed by atoms with van der Waals surface area (Å²) in [5, 5.41) is 1.17. The standard InChI is InChI=1S/C7H11NS2/c1-3-9-5-7-4-8-6(2)10-7/h4H,3,5H2,1-2H3. The molecule has 56 valence electrons. The van der Waals surface area contributed by atoms with Crippen LogP contribution in [0.3, 0.4) is 0 Å². The van der Waals surface area contributed by atoms with Gasteiger partial charge in [-0.05, 0) is 12.7 Å². The third-order valence-corrected chi connectivity index (χ3v) is 3.14. The normalized spacial score (nSPS) is 10.2. The molecule has 0 amide bonds. The van der Waals surface area contributed by atoms with Crippen LogP contribution in [0.15, 0.2) is 6.20 Å². The van der Waals surface area contributed by atoms with Crippen LogP contribution in [0.4, 0.5) is 0 Å². The van der Waals surface area contributed by atoms with Crippen molar-refractivity contribution in [3.05, 3.63) is 16.1 Å². The first-order valence-corrected chi connectivity index (χ1v) is 5.29. The van der Waals surface area contributed by atoms with E-state index in [9.17, 15) is 0 Å². The quantitative estimate of drug-likeness (QED) is 0.697. The lowest BCUT2D eigenvalue weighted by molar-refractivity contribution is 1.28. The lowest BCUT2D eigenvalue weighted by atomic mass is 10.6. The van der Waals surface area contributed by atoms with Crippen LogP contribution >= 0.6 is 23.1 Å². The summed E-state index contributed by atoms with van der Waals surface area (Å²) in [6.45, 7) is 4.23. The van der Waals surface area contributed by atoms with Crippen molar-refractivity contribution in [2.75, 3.05) is 5.75 Å². The molecule has 0 aliphatic heterocycles. The van der Waals surface area contributed by atoms with Crippen LogP contribution in [0.25, 0.3) is 0 Å². The molecule has 1 aromatic rings. The van der Waals surface area contributed by atoms with Crippen molar-refractivity contribution in [1.29, 1.82) is 0 Å². The molecule has 3 heteroatoms. The number of hydrogen-bond donors (Lipinski definition) is 0. The van der Waals surface area contributed by atoms with E-state index in [1.54, 1.807) is 11.3 Å². The summed E-state index contributed by atoms with van der Waals surface area (Å²) in [5.41, 5.74) is 0. The molecular weight excluding hydrogens is 162 g/mol. The van der Waals surface area contributed by atoms with Gasteiger partial charge in [-0.2, -0.15) is 11.8 Å². The lowest BCUT2D eigenvalue weighted by Gasteiger charge is -1.90. The van der Waals surface area contributed by atoms with Gasteiger partial charge >= 0.3 is 0 Å².